The first-order valence-corrected chi connectivity index (χ1v) is 9.02. The summed E-state index contributed by atoms with van der Waals surface area (Å²) < 4.78 is 41.9. The SMILES string of the molecule is O=C(c1ccccc1F)N1CCC([C@@H]2C[C@H](C(F)F)n3ncnc3N2)CC1. The number of benzene rings is 1. The molecule has 1 aromatic heterocycles. The molecular formula is C18H20F3N5O. The number of rotatable bonds is 3. The highest BCUT2D eigenvalue weighted by Gasteiger charge is 2.38. The van der Waals surface area contributed by atoms with Crippen LogP contribution in [0.3, 0.4) is 0 Å². The first kappa shape index (κ1) is 17.8. The summed E-state index contributed by atoms with van der Waals surface area (Å²) in [4.78, 5) is 18.2. The van der Waals surface area contributed by atoms with Gasteiger partial charge in [0.15, 0.2) is 0 Å². The molecule has 0 saturated carbocycles. The molecule has 9 heteroatoms. The number of amides is 1. The van der Waals surface area contributed by atoms with Crippen LogP contribution >= 0.6 is 0 Å². The molecule has 2 aliphatic heterocycles. The number of aromatic nitrogens is 3. The van der Waals surface area contributed by atoms with Crippen LogP contribution in [0.25, 0.3) is 0 Å². The van der Waals surface area contributed by atoms with E-state index in [0.29, 0.717) is 31.9 Å². The number of piperidine rings is 1. The second-order valence-corrected chi connectivity index (χ2v) is 7.03. The second kappa shape index (κ2) is 7.21. The maximum absolute atomic E-state index is 13.8. The Kier molecular flexibility index (Phi) is 4.75. The molecule has 4 rings (SSSR count). The van der Waals surface area contributed by atoms with Crippen molar-refractivity contribution in [1.29, 1.82) is 0 Å². The maximum atomic E-state index is 13.8. The Labute approximate surface area is 154 Å². The average molecular weight is 379 g/mol. The van der Waals surface area contributed by atoms with Crippen molar-refractivity contribution in [2.75, 3.05) is 18.4 Å². The molecule has 27 heavy (non-hydrogen) atoms. The van der Waals surface area contributed by atoms with Crippen molar-refractivity contribution in [3.8, 4) is 0 Å². The maximum Gasteiger partial charge on any atom is 0.260 e. The lowest BCUT2D eigenvalue weighted by Gasteiger charge is -2.40. The Morgan fingerprint density at radius 3 is 2.67 bits per heavy atom. The first-order chi connectivity index (χ1) is 13.0. The number of carbonyl (C=O) groups is 1. The number of halogens is 3. The molecule has 1 N–H and O–H groups in total. The van der Waals surface area contributed by atoms with Gasteiger partial charge in [0.25, 0.3) is 12.3 Å². The van der Waals surface area contributed by atoms with E-state index in [2.05, 4.69) is 15.4 Å². The molecule has 0 radical (unpaired) electrons. The van der Waals surface area contributed by atoms with Gasteiger partial charge in [-0.1, -0.05) is 12.1 Å². The molecule has 0 aliphatic carbocycles. The smallest absolute Gasteiger partial charge is 0.260 e. The van der Waals surface area contributed by atoms with Crippen LogP contribution in [0, 0.1) is 11.7 Å². The highest BCUT2D eigenvalue weighted by atomic mass is 19.3. The fourth-order valence-electron chi connectivity index (χ4n) is 4.01. The number of anilines is 1. The number of hydrogen-bond acceptors (Lipinski definition) is 4. The molecular weight excluding hydrogens is 359 g/mol. The van der Waals surface area contributed by atoms with Crippen LogP contribution in [0.5, 0.6) is 0 Å². The predicted molar refractivity (Wildman–Crippen MR) is 92.1 cm³/mol. The van der Waals surface area contributed by atoms with Crippen molar-refractivity contribution in [1.82, 2.24) is 19.7 Å². The van der Waals surface area contributed by atoms with E-state index in [1.807, 2.05) is 0 Å². The van der Waals surface area contributed by atoms with Crippen LogP contribution in [-0.4, -0.2) is 51.1 Å². The normalized spacial score (nSPS) is 23.2. The zero-order chi connectivity index (χ0) is 19.0. The van der Waals surface area contributed by atoms with Crippen molar-refractivity contribution in [3.63, 3.8) is 0 Å². The van der Waals surface area contributed by atoms with Gasteiger partial charge in [0.1, 0.15) is 18.2 Å². The largest absolute Gasteiger partial charge is 0.351 e. The monoisotopic (exact) mass is 379 g/mol. The average Bonchev–Trinajstić information content (AvgIpc) is 3.15. The summed E-state index contributed by atoms with van der Waals surface area (Å²) in [6, 6.07) is 4.79. The van der Waals surface area contributed by atoms with Crippen molar-refractivity contribution < 1.29 is 18.0 Å². The minimum atomic E-state index is -2.52. The lowest BCUT2D eigenvalue weighted by Crippen LogP contribution is -2.46. The first-order valence-electron chi connectivity index (χ1n) is 9.02. The Bertz CT molecular complexity index is 819. The van der Waals surface area contributed by atoms with Gasteiger partial charge in [-0.25, -0.2) is 17.9 Å². The van der Waals surface area contributed by atoms with Crippen LogP contribution in [0.1, 0.15) is 35.7 Å². The molecule has 0 unspecified atom stereocenters. The van der Waals surface area contributed by atoms with E-state index in [0.717, 1.165) is 0 Å². The van der Waals surface area contributed by atoms with Gasteiger partial charge in [-0.2, -0.15) is 10.1 Å². The third-order valence-electron chi connectivity index (χ3n) is 5.49. The number of likely N-dealkylation sites (tertiary alicyclic amines) is 1. The highest BCUT2D eigenvalue weighted by Crippen LogP contribution is 2.35. The molecule has 3 heterocycles. The summed E-state index contributed by atoms with van der Waals surface area (Å²) >= 11 is 0. The molecule has 2 aliphatic rings. The van der Waals surface area contributed by atoms with E-state index in [4.69, 9.17) is 0 Å². The number of alkyl halides is 2. The molecule has 1 saturated heterocycles. The van der Waals surface area contributed by atoms with E-state index >= 15 is 0 Å². The van der Waals surface area contributed by atoms with E-state index in [9.17, 15) is 18.0 Å². The van der Waals surface area contributed by atoms with Crippen LogP contribution in [0.4, 0.5) is 19.1 Å². The molecule has 144 valence electrons. The van der Waals surface area contributed by atoms with Gasteiger partial charge in [0.05, 0.1) is 5.56 Å². The van der Waals surface area contributed by atoms with Crippen LogP contribution in [-0.2, 0) is 0 Å². The van der Waals surface area contributed by atoms with Crippen molar-refractivity contribution in [2.45, 2.75) is 37.8 Å². The molecule has 0 bridgehead atoms. The molecule has 1 aromatic carbocycles. The minimum absolute atomic E-state index is 0.0672. The molecule has 0 spiro atoms. The summed E-state index contributed by atoms with van der Waals surface area (Å²) in [7, 11) is 0. The molecule has 1 amide bonds. The highest BCUT2D eigenvalue weighted by molar-refractivity contribution is 5.94. The van der Waals surface area contributed by atoms with Crippen molar-refractivity contribution >= 4 is 11.9 Å². The zero-order valence-electron chi connectivity index (χ0n) is 14.6. The quantitative estimate of drug-likeness (QED) is 0.891. The number of nitrogens with zero attached hydrogens (tertiary/aromatic N) is 4. The van der Waals surface area contributed by atoms with Gasteiger partial charge < -0.3 is 10.2 Å². The Morgan fingerprint density at radius 1 is 1.22 bits per heavy atom. The van der Waals surface area contributed by atoms with Gasteiger partial charge in [-0.05, 0) is 37.3 Å². The van der Waals surface area contributed by atoms with Crippen LogP contribution in [0.2, 0.25) is 0 Å². The van der Waals surface area contributed by atoms with E-state index in [1.165, 1.54) is 23.1 Å². The van der Waals surface area contributed by atoms with Gasteiger partial charge in [0, 0.05) is 19.1 Å². The van der Waals surface area contributed by atoms with Crippen LogP contribution < -0.4 is 5.32 Å². The number of fused-ring (bicyclic) bond motifs is 1. The Hall–Kier alpha value is -2.58. The Morgan fingerprint density at radius 2 is 1.96 bits per heavy atom. The zero-order valence-corrected chi connectivity index (χ0v) is 14.6. The topological polar surface area (TPSA) is 63.1 Å². The molecule has 6 nitrogen and oxygen atoms in total. The van der Waals surface area contributed by atoms with Gasteiger partial charge in [-0.15, -0.1) is 0 Å². The lowest BCUT2D eigenvalue weighted by molar-refractivity contribution is 0.0536. The van der Waals surface area contributed by atoms with E-state index in [1.54, 1.807) is 17.0 Å². The molecule has 2 aromatic rings. The van der Waals surface area contributed by atoms with Gasteiger partial charge in [0.2, 0.25) is 5.95 Å². The number of hydrogen-bond donors (Lipinski definition) is 1. The minimum Gasteiger partial charge on any atom is -0.351 e. The molecule has 1 fully saturated rings. The summed E-state index contributed by atoms with van der Waals surface area (Å²) in [5.74, 6) is -0.353. The predicted octanol–water partition coefficient (Wildman–Crippen LogP) is 2.96. The summed E-state index contributed by atoms with van der Waals surface area (Å²) in [6.07, 6.45) is 0.359. The van der Waals surface area contributed by atoms with Gasteiger partial charge in [-0.3, -0.25) is 4.79 Å². The summed E-state index contributed by atoms with van der Waals surface area (Å²) in [5, 5.41) is 7.10. The number of nitrogens with one attached hydrogen (secondary N) is 1. The van der Waals surface area contributed by atoms with E-state index < -0.39 is 18.3 Å². The van der Waals surface area contributed by atoms with Gasteiger partial charge >= 0.3 is 0 Å². The second-order valence-electron chi connectivity index (χ2n) is 7.03. The standard InChI is InChI=1S/C18H20F3N5O/c19-13-4-2-1-3-12(13)17(27)25-7-5-11(6-8-25)14-9-15(16(20)21)26-18(24-14)22-10-23-26/h1-4,10-11,14-16H,5-9H2,(H,22,23,24)/t14-,15+/m0/s1. The third-order valence-corrected chi connectivity index (χ3v) is 5.49. The fraction of sp³-hybridized carbons (Fsp3) is 0.500. The fourth-order valence-corrected chi connectivity index (χ4v) is 4.01. The van der Waals surface area contributed by atoms with Crippen molar-refractivity contribution in [3.05, 3.63) is 42.0 Å². The van der Waals surface area contributed by atoms with Crippen molar-refractivity contribution in [2.24, 2.45) is 5.92 Å². The summed E-state index contributed by atoms with van der Waals surface area (Å²) in [6.45, 7) is 0.949. The molecule has 2 atom stereocenters. The lowest BCUT2D eigenvalue weighted by atomic mass is 9.85. The summed E-state index contributed by atoms with van der Waals surface area (Å²) in [5.41, 5.74) is 0.0672. The Balaban J connectivity index is 1.41. The third kappa shape index (κ3) is 3.38. The number of carbonyl (C=O) groups excluding carboxylic acids is 1. The van der Waals surface area contributed by atoms with E-state index in [-0.39, 0.29) is 29.9 Å². The van der Waals surface area contributed by atoms with Crippen LogP contribution in [0.15, 0.2) is 30.6 Å².